The van der Waals surface area contributed by atoms with Crippen molar-refractivity contribution in [2.24, 2.45) is 0 Å². The summed E-state index contributed by atoms with van der Waals surface area (Å²) in [5.41, 5.74) is 1.05. The molecule has 4 nitrogen and oxygen atoms in total. The molecular formula is C12H20N4S. The van der Waals surface area contributed by atoms with Crippen molar-refractivity contribution in [1.82, 2.24) is 14.9 Å². The summed E-state index contributed by atoms with van der Waals surface area (Å²) >= 11 is 2.06. The molecule has 1 aliphatic rings. The second-order valence-electron chi connectivity index (χ2n) is 4.43. The van der Waals surface area contributed by atoms with Crippen LogP contribution in [0.1, 0.15) is 19.5 Å². The molecule has 0 aliphatic carbocycles. The van der Waals surface area contributed by atoms with Gasteiger partial charge in [0, 0.05) is 37.2 Å². The van der Waals surface area contributed by atoms with Gasteiger partial charge in [-0.05, 0) is 6.92 Å². The molecule has 1 aromatic heterocycles. The van der Waals surface area contributed by atoms with Crippen LogP contribution < -0.4 is 5.32 Å². The monoisotopic (exact) mass is 252 g/mol. The van der Waals surface area contributed by atoms with Crippen molar-refractivity contribution in [3.8, 4) is 0 Å². The molecule has 0 amide bonds. The fraction of sp³-hybridized carbons (Fsp3) is 0.667. The highest BCUT2D eigenvalue weighted by Gasteiger charge is 2.25. The molecule has 0 radical (unpaired) electrons. The molecule has 2 atom stereocenters. The van der Waals surface area contributed by atoms with Crippen molar-refractivity contribution in [3.05, 3.63) is 18.1 Å². The highest BCUT2D eigenvalue weighted by Crippen LogP contribution is 2.25. The first kappa shape index (κ1) is 12.6. The van der Waals surface area contributed by atoms with Crippen LogP contribution >= 0.6 is 11.8 Å². The number of nitrogens with zero attached hydrogens (tertiary/aromatic N) is 3. The maximum absolute atomic E-state index is 4.43. The Bertz CT molecular complexity index is 354. The summed E-state index contributed by atoms with van der Waals surface area (Å²) in [5, 5.41) is 3.69. The van der Waals surface area contributed by atoms with Crippen molar-refractivity contribution in [1.29, 1.82) is 0 Å². The van der Waals surface area contributed by atoms with Crippen molar-refractivity contribution in [2.75, 3.05) is 24.7 Å². The zero-order chi connectivity index (χ0) is 12.3. The maximum atomic E-state index is 4.43. The third kappa shape index (κ3) is 3.10. The lowest BCUT2D eigenvalue weighted by molar-refractivity contribution is 0.202. The van der Waals surface area contributed by atoms with Crippen LogP contribution in [0.5, 0.6) is 0 Å². The minimum absolute atomic E-state index is 0.611. The first-order valence-electron chi connectivity index (χ1n) is 6.05. The molecule has 1 N–H and O–H groups in total. The van der Waals surface area contributed by atoms with Gasteiger partial charge in [0.15, 0.2) is 0 Å². The van der Waals surface area contributed by atoms with E-state index in [2.05, 4.69) is 45.8 Å². The molecule has 5 heteroatoms. The molecule has 0 spiro atoms. The van der Waals surface area contributed by atoms with Crippen LogP contribution in [0.3, 0.4) is 0 Å². The molecule has 0 bridgehead atoms. The Morgan fingerprint density at radius 1 is 1.41 bits per heavy atom. The molecule has 0 aromatic carbocycles. The van der Waals surface area contributed by atoms with E-state index in [1.54, 1.807) is 6.20 Å². The summed E-state index contributed by atoms with van der Waals surface area (Å²) < 4.78 is 0. The van der Waals surface area contributed by atoms with Crippen molar-refractivity contribution in [3.63, 3.8) is 0 Å². The average Bonchev–Trinajstić information content (AvgIpc) is 2.36. The number of aromatic nitrogens is 2. The standard InChI is InChI=1S/C12H20N4S/c1-9-10(2)17-5-4-16(9)8-11-6-15-12(13-3)7-14-11/h6-7,9-10H,4-5,8H2,1-3H3,(H,13,15). The molecule has 2 heterocycles. The molecule has 17 heavy (non-hydrogen) atoms. The Hall–Kier alpha value is -0.810. The topological polar surface area (TPSA) is 41.1 Å². The van der Waals surface area contributed by atoms with E-state index in [4.69, 9.17) is 0 Å². The first-order valence-corrected chi connectivity index (χ1v) is 7.10. The van der Waals surface area contributed by atoms with Gasteiger partial charge in [0.25, 0.3) is 0 Å². The van der Waals surface area contributed by atoms with Crippen molar-refractivity contribution < 1.29 is 0 Å². The Morgan fingerprint density at radius 3 is 2.88 bits per heavy atom. The number of rotatable bonds is 3. The second-order valence-corrected chi connectivity index (χ2v) is 5.92. The number of nitrogens with one attached hydrogen (secondary N) is 1. The normalized spacial score (nSPS) is 25.8. The Morgan fingerprint density at radius 2 is 2.24 bits per heavy atom. The van der Waals surface area contributed by atoms with Gasteiger partial charge < -0.3 is 5.32 Å². The second kappa shape index (κ2) is 5.69. The Kier molecular flexibility index (Phi) is 4.23. The Labute approximate surface area is 107 Å². The van der Waals surface area contributed by atoms with Crippen LogP contribution in [-0.4, -0.2) is 45.5 Å². The van der Waals surface area contributed by atoms with Gasteiger partial charge in [0.05, 0.1) is 18.1 Å². The molecule has 2 unspecified atom stereocenters. The van der Waals surface area contributed by atoms with Gasteiger partial charge in [-0.15, -0.1) is 0 Å². The van der Waals surface area contributed by atoms with Gasteiger partial charge >= 0.3 is 0 Å². The number of thioether (sulfide) groups is 1. The summed E-state index contributed by atoms with van der Waals surface area (Å²) in [6.45, 7) is 6.65. The van der Waals surface area contributed by atoms with Crippen molar-refractivity contribution >= 4 is 17.6 Å². The molecule has 1 saturated heterocycles. The lowest BCUT2D eigenvalue weighted by atomic mass is 10.2. The summed E-state index contributed by atoms with van der Waals surface area (Å²) in [6, 6.07) is 0.611. The predicted octanol–water partition coefficient (Wildman–Crippen LogP) is 1.84. The van der Waals surface area contributed by atoms with Crippen LogP contribution in [-0.2, 0) is 6.54 Å². The number of hydrogen-bond acceptors (Lipinski definition) is 5. The fourth-order valence-corrected chi connectivity index (χ4v) is 3.15. The fourth-order valence-electron chi connectivity index (χ4n) is 1.99. The van der Waals surface area contributed by atoms with E-state index in [0.717, 1.165) is 24.6 Å². The average molecular weight is 252 g/mol. The minimum Gasteiger partial charge on any atom is -0.372 e. The van der Waals surface area contributed by atoms with E-state index in [9.17, 15) is 0 Å². The van der Waals surface area contributed by atoms with Gasteiger partial charge in [-0.25, -0.2) is 4.98 Å². The van der Waals surface area contributed by atoms with E-state index in [1.165, 1.54) is 5.75 Å². The molecule has 0 saturated carbocycles. The molecule has 2 rings (SSSR count). The van der Waals surface area contributed by atoms with Crippen LogP contribution in [0.25, 0.3) is 0 Å². The largest absolute Gasteiger partial charge is 0.372 e. The van der Waals surface area contributed by atoms with Crippen LogP contribution in [0, 0.1) is 0 Å². The molecular weight excluding hydrogens is 232 g/mol. The third-order valence-corrected chi connectivity index (χ3v) is 4.68. The molecule has 1 aromatic rings. The minimum atomic E-state index is 0.611. The summed E-state index contributed by atoms with van der Waals surface area (Å²) in [6.07, 6.45) is 3.66. The van der Waals surface area contributed by atoms with Crippen molar-refractivity contribution in [2.45, 2.75) is 31.7 Å². The summed E-state index contributed by atoms with van der Waals surface area (Å²) in [7, 11) is 1.86. The van der Waals surface area contributed by atoms with Gasteiger partial charge in [-0.2, -0.15) is 11.8 Å². The van der Waals surface area contributed by atoms with E-state index in [0.29, 0.717) is 11.3 Å². The van der Waals surface area contributed by atoms with Gasteiger partial charge in [-0.3, -0.25) is 9.88 Å². The SMILES string of the molecule is CNc1cnc(CN2CCSC(C)C2C)cn1. The number of anilines is 1. The zero-order valence-electron chi connectivity index (χ0n) is 10.7. The van der Waals surface area contributed by atoms with E-state index >= 15 is 0 Å². The number of hydrogen-bond donors (Lipinski definition) is 1. The van der Waals surface area contributed by atoms with Crippen LogP contribution in [0.2, 0.25) is 0 Å². The maximum Gasteiger partial charge on any atom is 0.144 e. The smallest absolute Gasteiger partial charge is 0.144 e. The summed E-state index contributed by atoms with van der Waals surface area (Å²) in [5.74, 6) is 2.04. The predicted molar refractivity (Wildman–Crippen MR) is 73.4 cm³/mol. The Balaban J connectivity index is 1.99. The molecule has 1 aliphatic heterocycles. The van der Waals surface area contributed by atoms with Gasteiger partial charge in [0.1, 0.15) is 5.82 Å². The van der Waals surface area contributed by atoms with E-state index in [1.807, 2.05) is 13.2 Å². The quantitative estimate of drug-likeness (QED) is 0.889. The van der Waals surface area contributed by atoms with Crippen LogP contribution in [0.15, 0.2) is 12.4 Å². The lowest BCUT2D eigenvalue weighted by Crippen LogP contribution is -2.44. The molecule has 1 fully saturated rings. The van der Waals surface area contributed by atoms with Crippen LogP contribution in [0.4, 0.5) is 5.82 Å². The molecule has 94 valence electrons. The van der Waals surface area contributed by atoms with E-state index < -0.39 is 0 Å². The van der Waals surface area contributed by atoms with Gasteiger partial charge in [-0.1, -0.05) is 6.92 Å². The van der Waals surface area contributed by atoms with Gasteiger partial charge in [0.2, 0.25) is 0 Å². The lowest BCUT2D eigenvalue weighted by Gasteiger charge is -2.37. The highest BCUT2D eigenvalue weighted by atomic mass is 32.2. The summed E-state index contributed by atoms with van der Waals surface area (Å²) in [4.78, 5) is 11.2. The zero-order valence-corrected chi connectivity index (χ0v) is 11.5. The first-order chi connectivity index (χ1) is 8.20. The third-order valence-electron chi connectivity index (χ3n) is 3.34. The van der Waals surface area contributed by atoms with E-state index in [-0.39, 0.29) is 0 Å². The highest BCUT2D eigenvalue weighted by molar-refractivity contribution is 8.00.